The Kier molecular flexibility index (Phi) is 7.08. The van der Waals surface area contributed by atoms with E-state index in [1.165, 1.54) is 12.3 Å². The molecule has 0 atom stereocenters. The number of carbonyl (C=O) groups excluding carboxylic acids is 2. The van der Waals surface area contributed by atoms with Crippen molar-refractivity contribution in [3.8, 4) is 5.75 Å². The molecule has 0 aliphatic rings. The summed E-state index contributed by atoms with van der Waals surface area (Å²) < 4.78 is 5.95. The molecule has 0 aliphatic heterocycles. The number of hydrogen-bond acceptors (Lipinski definition) is 4. The van der Waals surface area contributed by atoms with Crippen molar-refractivity contribution >= 4 is 40.1 Å². The predicted octanol–water partition coefficient (Wildman–Crippen LogP) is 4.83. The van der Waals surface area contributed by atoms with E-state index in [0.717, 1.165) is 11.1 Å². The van der Waals surface area contributed by atoms with Crippen LogP contribution in [0.25, 0.3) is 6.08 Å². The Morgan fingerprint density at radius 3 is 2.28 bits per heavy atom. The third-order valence-electron chi connectivity index (χ3n) is 3.81. The Bertz CT molecular complexity index is 1050. The van der Waals surface area contributed by atoms with Crippen LogP contribution in [0, 0.1) is 0 Å². The summed E-state index contributed by atoms with van der Waals surface area (Å²) in [6, 6.07) is 23.4. The Hall–Kier alpha value is -3.51. The van der Waals surface area contributed by atoms with Gasteiger partial charge in [-0.25, -0.2) is 10.2 Å². The molecule has 0 aromatic heterocycles. The van der Waals surface area contributed by atoms with E-state index < -0.39 is 5.97 Å². The number of hydrazone groups is 1. The van der Waals surface area contributed by atoms with Gasteiger partial charge < -0.3 is 4.74 Å². The van der Waals surface area contributed by atoms with Gasteiger partial charge >= 0.3 is 5.97 Å². The SMILES string of the molecule is O=C(/C=C/c1ccccc1)Oc1ccc(/C=N\NC(=O)c2ccccc2Br)cc1. The van der Waals surface area contributed by atoms with Gasteiger partial charge in [0.05, 0.1) is 11.8 Å². The summed E-state index contributed by atoms with van der Waals surface area (Å²) in [5.41, 5.74) is 4.63. The number of nitrogens with one attached hydrogen (secondary N) is 1. The van der Waals surface area contributed by atoms with Gasteiger partial charge in [-0.15, -0.1) is 0 Å². The minimum atomic E-state index is -0.462. The van der Waals surface area contributed by atoms with E-state index in [1.807, 2.05) is 36.4 Å². The highest BCUT2D eigenvalue weighted by Gasteiger charge is 2.07. The Morgan fingerprint density at radius 2 is 1.55 bits per heavy atom. The van der Waals surface area contributed by atoms with E-state index in [2.05, 4.69) is 26.5 Å². The van der Waals surface area contributed by atoms with Gasteiger partial charge in [0.15, 0.2) is 0 Å². The summed E-state index contributed by atoms with van der Waals surface area (Å²) in [4.78, 5) is 24.0. The fourth-order valence-corrected chi connectivity index (χ4v) is 2.84. The number of ether oxygens (including phenoxy) is 1. The van der Waals surface area contributed by atoms with Crippen LogP contribution in [0.15, 0.2) is 94.5 Å². The highest BCUT2D eigenvalue weighted by molar-refractivity contribution is 9.10. The molecule has 1 N–H and O–H groups in total. The van der Waals surface area contributed by atoms with E-state index in [4.69, 9.17) is 4.74 Å². The number of esters is 1. The normalized spacial score (nSPS) is 10.9. The maximum Gasteiger partial charge on any atom is 0.336 e. The number of benzene rings is 3. The van der Waals surface area contributed by atoms with E-state index in [9.17, 15) is 9.59 Å². The van der Waals surface area contributed by atoms with Crippen LogP contribution in [-0.4, -0.2) is 18.1 Å². The topological polar surface area (TPSA) is 67.8 Å². The molecular formula is C23H17BrN2O3. The monoisotopic (exact) mass is 448 g/mol. The third-order valence-corrected chi connectivity index (χ3v) is 4.50. The van der Waals surface area contributed by atoms with Crippen molar-refractivity contribution in [1.29, 1.82) is 0 Å². The second-order valence-electron chi connectivity index (χ2n) is 5.91. The molecule has 3 rings (SSSR count). The first kappa shape index (κ1) is 20.2. The zero-order chi connectivity index (χ0) is 20.5. The number of halogens is 1. The van der Waals surface area contributed by atoms with Crippen LogP contribution in [0.2, 0.25) is 0 Å². The fraction of sp³-hybridized carbons (Fsp3) is 0. The molecule has 29 heavy (non-hydrogen) atoms. The van der Waals surface area contributed by atoms with Gasteiger partial charge in [-0.3, -0.25) is 4.79 Å². The van der Waals surface area contributed by atoms with Crippen LogP contribution in [0.5, 0.6) is 5.75 Å². The standard InChI is InChI=1S/C23H17BrN2O3/c24-21-9-5-4-8-20(21)23(28)26-25-16-18-10-13-19(14-11-18)29-22(27)15-12-17-6-2-1-3-7-17/h1-16H,(H,26,28)/b15-12+,25-16-. The zero-order valence-corrected chi connectivity index (χ0v) is 16.9. The maximum atomic E-state index is 12.1. The van der Waals surface area contributed by atoms with Crippen LogP contribution in [-0.2, 0) is 4.79 Å². The van der Waals surface area contributed by atoms with Crippen LogP contribution in [0.4, 0.5) is 0 Å². The van der Waals surface area contributed by atoms with Crippen molar-refractivity contribution in [3.63, 3.8) is 0 Å². The first-order valence-corrected chi connectivity index (χ1v) is 9.54. The summed E-state index contributed by atoms with van der Waals surface area (Å²) in [6.07, 6.45) is 4.58. The summed E-state index contributed by atoms with van der Waals surface area (Å²) >= 11 is 3.33. The Morgan fingerprint density at radius 1 is 0.862 bits per heavy atom. The number of carbonyl (C=O) groups is 2. The van der Waals surface area contributed by atoms with Gasteiger partial charge in [0, 0.05) is 10.5 Å². The second kappa shape index (κ2) is 10.1. The summed E-state index contributed by atoms with van der Waals surface area (Å²) in [5.74, 6) is -0.359. The first-order chi connectivity index (χ1) is 14.1. The number of amides is 1. The lowest BCUT2D eigenvalue weighted by Gasteiger charge is -2.03. The lowest BCUT2D eigenvalue weighted by atomic mass is 10.2. The highest BCUT2D eigenvalue weighted by Crippen LogP contribution is 2.15. The number of nitrogens with zero attached hydrogens (tertiary/aromatic N) is 1. The molecule has 0 aliphatic carbocycles. The molecule has 3 aromatic rings. The smallest absolute Gasteiger partial charge is 0.336 e. The largest absolute Gasteiger partial charge is 0.423 e. The molecular weight excluding hydrogens is 432 g/mol. The lowest BCUT2D eigenvalue weighted by molar-refractivity contribution is -0.128. The van der Waals surface area contributed by atoms with Gasteiger partial charge in [0.2, 0.25) is 0 Å². The van der Waals surface area contributed by atoms with Crippen molar-refractivity contribution in [2.24, 2.45) is 5.10 Å². The van der Waals surface area contributed by atoms with E-state index in [-0.39, 0.29) is 5.91 Å². The van der Waals surface area contributed by atoms with Crippen LogP contribution >= 0.6 is 15.9 Å². The van der Waals surface area contributed by atoms with E-state index >= 15 is 0 Å². The van der Waals surface area contributed by atoms with Crippen molar-refractivity contribution in [2.75, 3.05) is 0 Å². The molecule has 5 nitrogen and oxygen atoms in total. The molecule has 0 unspecified atom stereocenters. The second-order valence-corrected chi connectivity index (χ2v) is 6.77. The molecule has 144 valence electrons. The maximum absolute atomic E-state index is 12.1. The molecule has 3 aromatic carbocycles. The molecule has 0 radical (unpaired) electrons. The average molecular weight is 449 g/mol. The minimum absolute atomic E-state index is 0.315. The van der Waals surface area contributed by atoms with Crippen molar-refractivity contribution in [1.82, 2.24) is 5.43 Å². The number of hydrogen-bond donors (Lipinski definition) is 1. The molecule has 0 bridgehead atoms. The summed E-state index contributed by atoms with van der Waals surface area (Å²) in [6.45, 7) is 0. The van der Waals surface area contributed by atoms with Gasteiger partial charge in [-0.05, 0) is 69.5 Å². The minimum Gasteiger partial charge on any atom is -0.423 e. The summed E-state index contributed by atoms with van der Waals surface area (Å²) in [5, 5.41) is 3.95. The van der Waals surface area contributed by atoms with Crippen molar-refractivity contribution in [2.45, 2.75) is 0 Å². The molecule has 0 spiro atoms. The summed E-state index contributed by atoms with van der Waals surface area (Å²) in [7, 11) is 0. The van der Waals surface area contributed by atoms with Gasteiger partial charge in [0.25, 0.3) is 5.91 Å². The Balaban J connectivity index is 1.52. The van der Waals surface area contributed by atoms with E-state index in [1.54, 1.807) is 48.5 Å². The van der Waals surface area contributed by atoms with Gasteiger partial charge in [-0.1, -0.05) is 42.5 Å². The molecule has 0 heterocycles. The van der Waals surface area contributed by atoms with Gasteiger partial charge in [-0.2, -0.15) is 5.10 Å². The highest BCUT2D eigenvalue weighted by atomic mass is 79.9. The lowest BCUT2D eigenvalue weighted by Crippen LogP contribution is -2.18. The first-order valence-electron chi connectivity index (χ1n) is 8.75. The fourth-order valence-electron chi connectivity index (χ4n) is 2.37. The van der Waals surface area contributed by atoms with E-state index in [0.29, 0.717) is 15.8 Å². The average Bonchev–Trinajstić information content (AvgIpc) is 2.74. The molecule has 1 amide bonds. The molecule has 0 saturated carbocycles. The molecule has 6 heteroatoms. The quantitative estimate of drug-likeness (QED) is 0.193. The zero-order valence-electron chi connectivity index (χ0n) is 15.3. The van der Waals surface area contributed by atoms with Crippen LogP contribution in [0.1, 0.15) is 21.5 Å². The molecule has 0 saturated heterocycles. The van der Waals surface area contributed by atoms with Crippen LogP contribution in [0.3, 0.4) is 0 Å². The van der Waals surface area contributed by atoms with Crippen molar-refractivity contribution < 1.29 is 14.3 Å². The third kappa shape index (κ3) is 6.26. The van der Waals surface area contributed by atoms with Crippen molar-refractivity contribution in [3.05, 3.63) is 106 Å². The number of rotatable bonds is 6. The predicted molar refractivity (Wildman–Crippen MR) is 117 cm³/mol. The molecule has 0 fully saturated rings. The van der Waals surface area contributed by atoms with Gasteiger partial charge in [0.1, 0.15) is 5.75 Å². The van der Waals surface area contributed by atoms with Crippen LogP contribution < -0.4 is 10.2 Å². The Labute approximate surface area is 176 Å².